The maximum atomic E-state index is 11.5. The van der Waals surface area contributed by atoms with Crippen molar-refractivity contribution in [2.24, 2.45) is 11.3 Å². The lowest BCUT2D eigenvalue weighted by Gasteiger charge is -2.29. The van der Waals surface area contributed by atoms with Crippen LogP contribution < -0.4 is 0 Å². The molecule has 0 aromatic heterocycles. The minimum Gasteiger partial charge on any atom is -0.480 e. The molecular weight excluding hydrogens is 184 g/mol. The summed E-state index contributed by atoms with van der Waals surface area (Å²) in [5.41, 5.74) is -1.39. The average Bonchev–Trinajstić information content (AvgIpc) is 2.11. The molecule has 0 fully saturated rings. The molecule has 0 amide bonds. The first kappa shape index (κ1) is 12.9. The number of rotatable bonds is 5. The van der Waals surface area contributed by atoms with E-state index in [0.717, 1.165) is 0 Å². The summed E-state index contributed by atoms with van der Waals surface area (Å²) < 4.78 is 4.57. The van der Waals surface area contributed by atoms with Crippen LogP contribution in [-0.4, -0.2) is 24.2 Å². The van der Waals surface area contributed by atoms with Crippen molar-refractivity contribution in [2.75, 3.05) is 7.11 Å². The number of carboxylic acids is 1. The van der Waals surface area contributed by atoms with E-state index in [-0.39, 0.29) is 5.92 Å². The van der Waals surface area contributed by atoms with E-state index in [1.807, 2.05) is 6.92 Å². The molecule has 0 spiro atoms. The second-order valence-corrected chi connectivity index (χ2v) is 3.67. The maximum absolute atomic E-state index is 11.5. The summed E-state index contributed by atoms with van der Waals surface area (Å²) in [4.78, 5) is 22.7. The van der Waals surface area contributed by atoms with Crippen molar-refractivity contribution < 1.29 is 19.4 Å². The second kappa shape index (κ2) is 4.98. The summed E-state index contributed by atoms with van der Waals surface area (Å²) in [6, 6.07) is 0. The summed E-state index contributed by atoms with van der Waals surface area (Å²) >= 11 is 0. The number of methoxy groups -OCH3 is 1. The highest BCUT2D eigenvalue weighted by Crippen LogP contribution is 2.34. The monoisotopic (exact) mass is 202 g/mol. The molecule has 0 bridgehead atoms. The molecule has 0 radical (unpaired) electrons. The highest BCUT2D eigenvalue weighted by atomic mass is 16.5. The Morgan fingerprint density at radius 1 is 1.43 bits per heavy atom. The number of carbonyl (C=O) groups is 2. The van der Waals surface area contributed by atoms with Crippen LogP contribution in [0.3, 0.4) is 0 Å². The van der Waals surface area contributed by atoms with Crippen LogP contribution in [0.5, 0.6) is 0 Å². The number of hydrogen-bond donors (Lipinski definition) is 1. The number of aliphatic carboxylic acids is 1. The second-order valence-electron chi connectivity index (χ2n) is 3.67. The van der Waals surface area contributed by atoms with Crippen LogP contribution in [0.25, 0.3) is 0 Å². The zero-order valence-corrected chi connectivity index (χ0v) is 9.16. The molecule has 1 atom stereocenters. The Labute approximate surface area is 84.3 Å². The van der Waals surface area contributed by atoms with E-state index in [9.17, 15) is 9.59 Å². The first-order valence-corrected chi connectivity index (χ1v) is 4.75. The molecule has 0 aliphatic rings. The molecule has 0 rings (SSSR count). The molecule has 0 aromatic rings. The van der Waals surface area contributed by atoms with Crippen molar-refractivity contribution in [3.63, 3.8) is 0 Å². The summed E-state index contributed by atoms with van der Waals surface area (Å²) in [6.07, 6.45) is 0.951. The van der Waals surface area contributed by atoms with Crippen molar-refractivity contribution in [3.05, 3.63) is 0 Å². The number of carboxylic acid groups (broad SMARTS) is 1. The molecule has 0 aromatic carbocycles. The minimum atomic E-state index is -1.39. The number of esters is 1. The van der Waals surface area contributed by atoms with E-state index >= 15 is 0 Å². The molecular formula is C10H18O4. The Balaban J connectivity index is 5.15. The third-order valence-corrected chi connectivity index (χ3v) is 2.56. The van der Waals surface area contributed by atoms with E-state index < -0.39 is 17.4 Å². The van der Waals surface area contributed by atoms with Gasteiger partial charge in [-0.1, -0.05) is 27.2 Å². The molecule has 4 heteroatoms. The van der Waals surface area contributed by atoms with Crippen molar-refractivity contribution >= 4 is 11.9 Å². The molecule has 0 aliphatic heterocycles. The SMILES string of the molecule is CCCC(C(=O)O)(C(=O)OC)C(C)C. The van der Waals surface area contributed by atoms with Gasteiger partial charge in [0.05, 0.1) is 7.11 Å². The Morgan fingerprint density at radius 3 is 2.14 bits per heavy atom. The predicted molar refractivity (Wildman–Crippen MR) is 51.8 cm³/mol. The van der Waals surface area contributed by atoms with Gasteiger partial charge < -0.3 is 9.84 Å². The summed E-state index contributed by atoms with van der Waals surface area (Å²) in [7, 11) is 1.22. The van der Waals surface area contributed by atoms with Crippen molar-refractivity contribution in [3.8, 4) is 0 Å². The van der Waals surface area contributed by atoms with Crippen LogP contribution >= 0.6 is 0 Å². The van der Waals surface area contributed by atoms with Crippen molar-refractivity contribution in [1.82, 2.24) is 0 Å². The zero-order valence-electron chi connectivity index (χ0n) is 9.16. The van der Waals surface area contributed by atoms with Gasteiger partial charge in [0.2, 0.25) is 0 Å². The van der Waals surface area contributed by atoms with Gasteiger partial charge in [0.15, 0.2) is 5.41 Å². The Hall–Kier alpha value is -1.06. The topological polar surface area (TPSA) is 63.6 Å². The van der Waals surface area contributed by atoms with Crippen LogP contribution in [-0.2, 0) is 14.3 Å². The van der Waals surface area contributed by atoms with Crippen LogP contribution in [0.15, 0.2) is 0 Å². The standard InChI is InChI=1S/C10H18O4/c1-5-6-10(7(2)3,8(11)12)9(13)14-4/h7H,5-6H2,1-4H3,(H,11,12). The molecule has 0 heterocycles. The zero-order chi connectivity index (χ0) is 11.4. The smallest absolute Gasteiger partial charge is 0.323 e. The maximum Gasteiger partial charge on any atom is 0.323 e. The van der Waals surface area contributed by atoms with Gasteiger partial charge in [0.25, 0.3) is 0 Å². The van der Waals surface area contributed by atoms with Crippen molar-refractivity contribution in [1.29, 1.82) is 0 Å². The number of ether oxygens (including phenoxy) is 1. The average molecular weight is 202 g/mol. The molecule has 0 aliphatic carbocycles. The van der Waals surface area contributed by atoms with Gasteiger partial charge in [-0.3, -0.25) is 9.59 Å². The summed E-state index contributed by atoms with van der Waals surface area (Å²) in [5.74, 6) is -2.02. The Morgan fingerprint density at radius 2 is 1.93 bits per heavy atom. The third-order valence-electron chi connectivity index (χ3n) is 2.56. The van der Waals surface area contributed by atoms with Gasteiger partial charge in [-0.2, -0.15) is 0 Å². The van der Waals surface area contributed by atoms with Crippen LogP contribution in [0.1, 0.15) is 33.6 Å². The summed E-state index contributed by atoms with van der Waals surface area (Å²) in [6.45, 7) is 5.30. The van der Waals surface area contributed by atoms with E-state index in [4.69, 9.17) is 5.11 Å². The molecule has 1 N–H and O–H groups in total. The normalized spacial score (nSPS) is 14.9. The molecule has 4 nitrogen and oxygen atoms in total. The van der Waals surface area contributed by atoms with Gasteiger partial charge in [-0.05, 0) is 12.3 Å². The largest absolute Gasteiger partial charge is 0.480 e. The molecule has 14 heavy (non-hydrogen) atoms. The first-order valence-electron chi connectivity index (χ1n) is 4.75. The first-order chi connectivity index (χ1) is 6.43. The fraction of sp³-hybridized carbons (Fsp3) is 0.800. The van der Waals surface area contributed by atoms with Gasteiger partial charge in [0, 0.05) is 0 Å². The lowest BCUT2D eigenvalue weighted by molar-refractivity contribution is -0.171. The third kappa shape index (κ3) is 2.05. The Bertz CT molecular complexity index is 222. The van der Waals surface area contributed by atoms with E-state index in [2.05, 4.69) is 4.74 Å². The lowest BCUT2D eigenvalue weighted by Crippen LogP contribution is -2.44. The van der Waals surface area contributed by atoms with Crippen LogP contribution in [0.4, 0.5) is 0 Å². The fourth-order valence-electron chi connectivity index (χ4n) is 1.64. The van der Waals surface area contributed by atoms with E-state index in [1.54, 1.807) is 13.8 Å². The highest BCUT2D eigenvalue weighted by molar-refractivity contribution is 5.99. The van der Waals surface area contributed by atoms with Gasteiger partial charge in [0.1, 0.15) is 0 Å². The van der Waals surface area contributed by atoms with Gasteiger partial charge in [-0.25, -0.2) is 0 Å². The van der Waals surface area contributed by atoms with E-state index in [1.165, 1.54) is 7.11 Å². The fourth-order valence-corrected chi connectivity index (χ4v) is 1.64. The highest BCUT2D eigenvalue weighted by Gasteiger charge is 2.49. The molecule has 82 valence electrons. The van der Waals surface area contributed by atoms with Crippen LogP contribution in [0, 0.1) is 11.3 Å². The quantitative estimate of drug-likeness (QED) is 0.544. The molecule has 1 unspecified atom stereocenters. The Kier molecular flexibility index (Phi) is 4.60. The summed E-state index contributed by atoms with van der Waals surface area (Å²) in [5, 5.41) is 9.13. The van der Waals surface area contributed by atoms with Crippen LogP contribution in [0.2, 0.25) is 0 Å². The minimum absolute atomic E-state index is 0.271. The molecule has 0 saturated heterocycles. The van der Waals surface area contributed by atoms with Gasteiger partial charge >= 0.3 is 11.9 Å². The van der Waals surface area contributed by atoms with Crippen molar-refractivity contribution in [2.45, 2.75) is 33.6 Å². The number of carbonyl (C=O) groups excluding carboxylic acids is 1. The number of hydrogen-bond acceptors (Lipinski definition) is 3. The lowest BCUT2D eigenvalue weighted by atomic mass is 9.74. The van der Waals surface area contributed by atoms with Gasteiger partial charge in [-0.15, -0.1) is 0 Å². The molecule has 0 saturated carbocycles. The predicted octanol–water partition coefficient (Wildman–Crippen LogP) is 1.69. The van der Waals surface area contributed by atoms with E-state index in [0.29, 0.717) is 12.8 Å².